The fourth-order valence-electron chi connectivity index (χ4n) is 2.37. The number of benzene rings is 1. The van der Waals surface area contributed by atoms with E-state index in [9.17, 15) is 9.90 Å². The normalized spacial score (nSPS) is 19.3. The van der Waals surface area contributed by atoms with Gasteiger partial charge in [0.2, 0.25) is 0 Å². The molecule has 1 unspecified atom stereocenters. The van der Waals surface area contributed by atoms with Crippen LogP contribution in [0.4, 0.5) is 0 Å². The third-order valence-electron chi connectivity index (χ3n) is 3.46. The summed E-state index contributed by atoms with van der Waals surface area (Å²) >= 11 is 3.47. The molecule has 2 rings (SSSR count). The van der Waals surface area contributed by atoms with Gasteiger partial charge < -0.3 is 14.7 Å². The molecule has 0 aliphatic carbocycles. The molecule has 1 aliphatic heterocycles. The Balaban J connectivity index is 2.15. The van der Waals surface area contributed by atoms with Gasteiger partial charge in [-0.1, -0.05) is 15.9 Å². The maximum atomic E-state index is 12.4. The second kappa shape index (κ2) is 6.28. The van der Waals surface area contributed by atoms with Gasteiger partial charge in [-0.15, -0.1) is 0 Å². The number of piperidine rings is 1. The molecule has 5 heteroatoms. The quantitative estimate of drug-likeness (QED) is 0.868. The number of likely N-dealkylation sites (tertiary alicyclic amines) is 1. The van der Waals surface area contributed by atoms with E-state index in [1.54, 1.807) is 12.1 Å². The van der Waals surface area contributed by atoms with E-state index in [0.717, 1.165) is 31.3 Å². The van der Waals surface area contributed by atoms with E-state index in [0.29, 0.717) is 17.2 Å². The molecule has 1 aromatic rings. The molecule has 1 fully saturated rings. The molecule has 1 saturated heterocycles. The summed E-state index contributed by atoms with van der Waals surface area (Å²) in [5, 5.41) is 10.8. The Bertz CT molecular complexity index is 464. The number of carbonyl (C=O) groups excluding carboxylic acids is 1. The largest absolute Gasteiger partial charge is 0.507 e. The molecule has 4 nitrogen and oxygen atoms in total. The molecule has 0 bridgehead atoms. The van der Waals surface area contributed by atoms with Crippen molar-refractivity contribution in [2.75, 3.05) is 25.5 Å². The summed E-state index contributed by atoms with van der Waals surface area (Å²) < 4.78 is 5.02. The molecule has 104 valence electrons. The van der Waals surface area contributed by atoms with Gasteiger partial charge in [0.25, 0.3) is 5.91 Å². The molecule has 0 spiro atoms. The van der Waals surface area contributed by atoms with Crippen LogP contribution in [0.3, 0.4) is 0 Å². The first-order chi connectivity index (χ1) is 9.15. The van der Waals surface area contributed by atoms with E-state index in [1.165, 1.54) is 13.2 Å². The lowest BCUT2D eigenvalue weighted by Gasteiger charge is -2.32. The van der Waals surface area contributed by atoms with Crippen LogP contribution in [0.2, 0.25) is 0 Å². The molecule has 1 amide bonds. The summed E-state index contributed by atoms with van der Waals surface area (Å²) in [6, 6.07) is 4.78. The lowest BCUT2D eigenvalue weighted by Crippen LogP contribution is -2.40. The van der Waals surface area contributed by atoms with E-state index in [4.69, 9.17) is 4.74 Å². The van der Waals surface area contributed by atoms with Gasteiger partial charge in [-0.05, 0) is 30.9 Å². The molecule has 0 radical (unpaired) electrons. The number of phenolic OH excluding ortho intramolecular Hbond substituents is 1. The van der Waals surface area contributed by atoms with Crippen molar-refractivity contribution in [2.24, 2.45) is 5.92 Å². The lowest BCUT2D eigenvalue weighted by atomic mass is 9.99. The van der Waals surface area contributed by atoms with Gasteiger partial charge in [-0.25, -0.2) is 0 Å². The first-order valence-corrected chi connectivity index (χ1v) is 7.50. The maximum absolute atomic E-state index is 12.4. The topological polar surface area (TPSA) is 49.8 Å². The number of nitrogens with zero attached hydrogens (tertiary/aromatic N) is 1. The highest BCUT2D eigenvalue weighted by Crippen LogP contribution is 2.26. The minimum Gasteiger partial charge on any atom is -0.507 e. The second-order valence-corrected chi connectivity index (χ2v) is 5.44. The number of amides is 1. The number of carbonyl (C=O) groups is 1. The average molecular weight is 328 g/mol. The fourth-order valence-corrected chi connectivity index (χ4v) is 2.89. The number of rotatable bonds is 3. The third-order valence-corrected chi connectivity index (χ3v) is 4.38. The van der Waals surface area contributed by atoms with Crippen LogP contribution in [0.1, 0.15) is 23.2 Å². The van der Waals surface area contributed by atoms with Gasteiger partial charge in [0, 0.05) is 24.5 Å². The predicted octanol–water partition coefficient (Wildman–Crippen LogP) is 2.65. The van der Waals surface area contributed by atoms with Gasteiger partial charge in [0.15, 0.2) is 0 Å². The van der Waals surface area contributed by atoms with Crippen LogP contribution < -0.4 is 4.74 Å². The number of ether oxygens (including phenoxy) is 1. The number of methoxy groups -OCH3 is 1. The van der Waals surface area contributed by atoms with Gasteiger partial charge in [0.05, 0.1) is 12.7 Å². The van der Waals surface area contributed by atoms with Crippen molar-refractivity contribution in [2.45, 2.75) is 12.8 Å². The van der Waals surface area contributed by atoms with Gasteiger partial charge in [0.1, 0.15) is 11.5 Å². The van der Waals surface area contributed by atoms with Crippen LogP contribution in [0.5, 0.6) is 11.5 Å². The maximum Gasteiger partial charge on any atom is 0.257 e. The van der Waals surface area contributed by atoms with E-state index in [1.807, 2.05) is 4.90 Å². The second-order valence-electron chi connectivity index (χ2n) is 4.80. The van der Waals surface area contributed by atoms with E-state index >= 15 is 0 Å². The highest BCUT2D eigenvalue weighted by atomic mass is 79.9. The summed E-state index contributed by atoms with van der Waals surface area (Å²) in [6.45, 7) is 1.50. The molecule has 0 aromatic heterocycles. The highest BCUT2D eigenvalue weighted by Gasteiger charge is 2.25. The number of phenols is 1. The zero-order valence-electron chi connectivity index (χ0n) is 10.9. The van der Waals surface area contributed by atoms with E-state index in [-0.39, 0.29) is 11.7 Å². The van der Waals surface area contributed by atoms with Crippen LogP contribution >= 0.6 is 15.9 Å². The van der Waals surface area contributed by atoms with Crippen molar-refractivity contribution in [3.63, 3.8) is 0 Å². The Hall–Kier alpha value is -1.23. The van der Waals surface area contributed by atoms with Crippen LogP contribution in [0.25, 0.3) is 0 Å². The van der Waals surface area contributed by atoms with Crippen molar-refractivity contribution in [3.05, 3.63) is 23.8 Å². The summed E-state index contributed by atoms with van der Waals surface area (Å²) in [7, 11) is 1.53. The van der Waals surface area contributed by atoms with Crippen LogP contribution in [-0.4, -0.2) is 41.4 Å². The Labute approximate surface area is 121 Å². The number of hydrogen-bond donors (Lipinski definition) is 1. The fraction of sp³-hybridized carbons (Fsp3) is 0.500. The Morgan fingerprint density at radius 3 is 3.00 bits per heavy atom. The molecule has 19 heavy (non-hydrogen) atoms. The predicted molar refractivity (Wildman–Crippen MR) is 77.1 cm³/mol. The average Bonchev–Trinajstić information content (AvgIpc) is 2.46. The Kier molecular flexibility index (Phi) is 4.69. The molecule has 1 N–H and O–H groups in total. The molecular formula is C14H18BrNO3. The highest BCUT2D eigenvalue weighted by molar-refractivity contribution is 9.09. The van der Waals surface area contributed by atoms with Crippen LogP contribution in [0, 0.1) is 5.92 Å². The molecule has 1 heterocycles. The standard InChI is InChI=1S/C14H18BrNO3/c1-19-11-4-5-12(13(17)7-11)14(18)16-6-2-3-10(8-15)9-16/h4-5,7,10,17H,2-3,6,8-9H2,1H3. The van der Waals surface area contributed by atoms with Gasteiger partial charge in [-0.3, -0.25) is 4.79 Å². The molecular weight excluding hydrogens is 310 g/mol. The zero-order chi connectivity index (χ0) is 13.8. The van der Waals surface area contributed by atoms with Crippen molar-refractivity contribution in [1.82, 2.24) is 4.90 Å². The number of halogens is 1. The van der Waals surface area contributed by atoms with Crippen molar-refractivity contribution in [1.29, 1.82) is 0 Å². The van der Waals surface area contributed by atoms with Gasteiger partial charge >= 0.3 is 0 Å². The first kappa shape index (κ1) is 14.2. The van der Waals surface area contributed by atoms with Crippen LogP contribution in [0.15, 0.2) is 18.2 Å². The number of alkyl halides is 1. The molecule has 1 aliphatic rings. The first-order valence-electron chi connectivity index (χ1n) is 6.38. The molecule has 0 saturated carbocycles. The monoisotopic (exact) mass is 327 g/mol. The van der Waals surface area contributed by atoms with E-state index < -0.39 is 0 Å². The van der Waals surface area contributed by atoms with Crippen molar-refractivity contribution < 1.29 is 14.6 Å². The van der Waals surface area contributed by atoms with Gasteiger partial charge in [-0.2, -0.15) is 0 Å². The summed E-state index contributed by atoms with van der Waals surface area (Å²) in [5.41, 5.74) is 0.344. The lowest BCUT2D eigenvalue weighted by molar-refractivity contribution is 0.0683. The Morgan fingerprint density at radius 1 is 1.58 bits per heavy atom. The number of hydrogen-bond acceptors (Lipinski definition) is 3. The van der Waals surface area contributed by atoms with Crippen molar-refractivity contribution >= 4 is 21.8 Å². The van der Waals surface area contributed by atoms with Crippen molar-refractivity contribution in [3.8, 4) is 11.5 Å². The SMILES string of the molecule is COc1ccc(C(=O)N2CCCC(CBr)C2)c(O)c1. The minimum absolute atomic E-state index is 0.0229. The van der Waals surface area contributed by atoms with E-state index in [2.05, 4.69) is 15.9 Å². The zero-order valence-corrected chi connectivity index (χ0v) is 12.5. The smallest absolute Gasteiger partial charge is 0.257 e. The number of aromatic hydroxyl groups is 1. The summed E-state index contributed by atoms with van der Waals surface area (Å²) in [5.74, 6) is 0.917. The molecule has 1 aromatic carbocycles. The minimum atomic E-state index is -0.106. The van der Waals surface area contributed by atoms with Crippen LogP contribution in [-0.2, 0) is 0 Å². The summed E-state index contributed by atoms with van der Waals surface area (Å²) in [4.78, 5) is 14.2. The Morgan fingerprint density at radius 2 is 2.37 bits per heavy atom. The third kappa shape index (κ3) is 3.21. The molecule has 1 atom stereocenters. The summed E-state index contributed by atoms with van der Waals surface area (Å²) in [6.07, 6.45) is 2.16.